The first kappa shape index (κ1) is 19.3. The summed E-state index contributed by atoms with van der Waals surface area (Å²) in [4.78, 5) is 28.9. The van der Waals surface area contributed by atoms with Gasteiger partial charge in [0.05, 0.1) is 0 Å². The van der Waals surface area contributed by atoms with E-state index in [1.165, 1.54) is 6.08 Å². The number of allylic oxidation sites excluding steroid dienone is 3. The largest absolute Gasteiger partial charge is 0.377 e. The smallest absolute Gasteiger partial charge is 0.286 e. The van der Waals surface area contributed by atoms with Gasteiger partial charge >= 0.3 is 0 Å². The van der Waals surface area contributed by atoms with Gasteiger partial charge in [0.1, 0.15) is 5.69 Å². The molecule has 1 aromatic carbocycles. The molecular formula is C18H20ClN5O2. The van der Waals surface area contributed by atoms with Crippen molar-refractivity contribution >= 4 is 34.3 Å². The highest BCUT2D eigenvalue weighted by Crippen LogP contribution is 2.19. The number of nitrogens with one attached hydrogen (secondary N) is 3. The van der Waals surface area contributed by atoms with Crippen LogP contribution in [0.2, 0.25) is 5.02 Å². The molecule has 8 heteroatoms. The third-order valence-corrected chi connectivity index (χ3v) is 3.93. The van der Waals surface area contributed by atoms with Gasteiger partial charge in [0.15, 0.2) is 0 Å². The number of hydrogen-bond acceptors (Lipinski definition) is 4. The highest BCUT2D eigenvalue weighted by atomic mass is 35.5. The molecule has 1 aromatic heterocycles. The van der Waals surface area contributed by atoms with Crippen LogP contribution in [-0.4, -0.2) is 35.3 Å². The van der Waals surface area contributed by atoms with Crippen LogP contribution < -0.4 is 17.0 Å². The van der Waals surface area contributed by atoms with Gasteiger partial charge in [-0.15, -0.1) is 0 Å². The second kappa shape index (κ2) is 8.37. The van der Waals surface area contributed by atoms with Crippen molar-refractivity contribution in [2.75, 3.05) is 13.6 Å². The Morgan fingerprint density at radius 3 is 2.81 bits per heavy atom. The lowest BCUT2D eigenvalue weighted by Gasteiger charge is -2.15. The van der Waals surface area contributed by atoms with Crippen LogP contribution in [0.25, 0.3) is 10.9 Å². The quantitative estimate of drug-likeness (QED) is 0.489. The zero-order chi connectivity index (χ0) is 17.8. The van der Waals surface area contributed by atoms with Crippen molar-refractivity contribution in [3.8, 4) is 0 Å². The highest BCUT2D eigenvalue weighted by molar-refractivity contribution is 6.31. The minimum Gasteiger partial charge on any atom is -0.377 e. The maximum absolute atomic E-state index is 12.1. The fraction of sp³-hybridized carbons (Fsp3) is 0.111. The summed E-state index contributed by atoms with van der Waals surface area (Å²) in [6.07, 6.45) is 8.89. The second-order valence-electron chi connectivity index (χ2n) is 5.65. The maximum Gasteiger partial charge on any atom is 0.286 e. The molecule has 0 radical (unpaired) electrons. The summed E-state index contributed by atoms with van der Waals surface area (Å²) in [7, 11) is 1.97. The summed E-state index contributed by atoms with van der Waals surface area (Å²) in [6, 6.07) is 6.96. The van der Waals surface area contributed by atoms with E-state index in [-0.39, 0.29) is 6.15 Å². The molecule has 0 unspecified atom stereocenters. The Hall–Kier alpha value is -3.03. The van der Waals surface area contributed by atoms with E-state index in [4.69, 9.17) is 11.6 Å². The van der Waals surface area contributed by atoms with Gasteiger partial charge in [-0.1, -0.05) is 17.7 Å². The lowest BCUT2D eigenvalue weighted by atomic mass is 10.2. The fourth-order valence-corrected chi connectivity index (χ4v) is 2.52. The number of aromatic nitrogens is 1. The average Bonchev–Trinajstić information content (AvgIpc) is 3.02. The minimum absolute atomic E-state index is 0. The Balaban J connectivity index is 0.00000243. The van der Waals surface area contributed by atoms with E-state index >= 15 is 0 Å². The van der Waals surface area contributed by atoms with E-state index in [1.54, 1.807) is 30.3 Å². The number of halogens is 1. The van der Waals surface area contributed by atoms with Crippen molar-refractivity contribution in [3.63, 3.8) is 0 Å². The summed E-state index contributed by atoms with van der Waals surface area (Å²) in [5, 5.41) is 1.42. The van der Waals surface area contributed by atoms with E-state index in [1.807, 2.05) is 30.3 Å². The number of nitrogens with zero attached hydrogens (tertiary/aromatic N) is 1. The minimum atomic E-state index is -0.438. The van der Waals surface area contributed by atoms with Crippen molar-refractivity contribution in [3.05, 3.63) is 71.1 Å². The van der Waals surface area contributed by atoms with E-state index < -0.39 is 11.8 Å². The molecule has 3 rings (SSSR count). The molecule has 26 heavy (non-hydrogen) atoms. The molecule has 1 aliphatic rings. The van der Waals surface area contributed by atoms with Gasteiger partial charge in [-0.3, -0.25) is 20.4 Å². The molecule has 0 atom stereocenters. The lowest BCUT2D eigenvalue weighted by Crippen LogP contribution is -2.40. The zero-order valence-electron chi connectivity index (χ0n) is 14.3. The molecular weight excluding hydrogens is 354 g/mol. The van der Waals surface area contributed by atoms with Crippen molar-refractivity contribution in [1.29, 1.82) is 0 Å². The number of rotatable bonds is 3. The lowest BCUT2D eigenvalue weighted by molar-refractivity contribution is -0.117. The van der Waals surface area contributed by atoms with Gasteiger partial charge in [0.25, 0.3) is 11.8 Å². The van der Waals surface area contributed by atoms with E-state index in [9.17, 15) is 9.59 Å². The van der Waals surface area contributed by atoms with Crippen LogP contribution >= 0.6 is 11.6 Å². The van der Waals surface area contributed by atoms with Crippen LogP contribution in [0.1, 0.15) is 10.5 Å². The summed E-state index contributed by atoms with van der Waals surface area (Å²) in [5.74, 6) is -0.854. The number of H-pyrrole nitrogens is 1. The van der Waals surface area contributed by atoms with Crippen molar-refractivity contribution in [2.24, 2.45) is 0 Å². The number of aromatic amines is 1. The van der Waals surface area contributed by atoms with Crippen LogP contribution in [-0.2, 0) is 4.79 Å². The SMILES string of the molecule is CN1C=CC(C=CC(=O)NNC(=O)c2cc3cc(Cl)ccc3[nH]2)=CC1.N. The molecule has 7 nitrogen and oxygen atoms in total. The number of hydrazine groups is 1. The number of amides is 2. The molecule has 0 bridgehead atoms. The number of carbonyl (C=O) groups excluding carboxylic acids is 2. The van der Waals surface area contributed by atoms with Crippen LogP contribution in [0.3, 0.4) is 0 Å². The summed E-state index contributed by atoms with van der Waals surface area (Å²) in [5.41, 5.74) is 6.79. The Labute approximate surface area is 155 Å². The number of fused-ring (bicyclic) bond motifs is 1. The first-order valence-electron chi connectivity index (χ1n) is 7.66. The molecule has 6 N–H and O–H groups in total. The van der Waals surface area contributed by atoms with Crippen molar-refractivity contribution in [2.45, 2.75) is 0 Å². The first-order chi connectivity index (χ1) is 12.0. The van der Waals surface area contributed by atoms with E-state index in [2.05, 4.69) is 15.8 Å². The third kappa shape index (κ3) is 4.75. The molecule has 0 saturated heterocycles. The van der Waals surface area contributed by atoms with Gasteiger partial charge in [0.2, 0.25) is 0 Å². The molecule has 2 aromatic rings. The molecule has 1 aliphatic heterocycles. The Morgan fingerprint density at radius 1 is 1.27 bits per heavy atom. The standard InChI is InChI=1S/C18H17ClN4O2.H3N/c1-23-8-6-12(7-9-23)2-5-17(24)21-22-18(25)16-11-13-10-14(19)3-4-15(13)20-16;/h2-8,10-11,20H,9H2,1H3,(H,21,24)(H,22,25);1H3. The predicted molar refractivity (Wildman–Crippen MR) is 103 cm³/mol. The van der Waals surface area contributed by atoms with Gasteiger partial charge in [-0.2, -0.15) is 0 Å². The second-order valence-corrected chi connectivity index (χ2v) is 6.09. The van der Waals surface area contributed by atoms with Crippen molar-refractivity contribution < 1.29 is 9.59 Å². The number of likely N-dealkylation sites (N-methyl/N-ethyl adjacent to an activating group) is 1. The van der Waals surface area contributed by atoms with Gasteiger partial charge in [0, 0.05) is 35.6 Å². The molecule has 0 spiro atoms. The Morgan fingerprint density at radius 2 is 2.08 bits per heavy atom. The summed E-state index contributed by atoms with van der Waals surface area (Å²) >= 11 is 5.93. The monoisotopic (exact) mass is 373 g/mol. The fourth-order valence-electron chi connectivity index (χ4n) is 2.34. The van der Waals surface area contributed by atoms with Gasteiger partial charge < -0.3 is 16.0 Å². The predicted octanol–water partition coefficient (Wildman–Crippen LogP) is 2.69. The Kier molecular flexibility index (Phi) is 6.21. The molecule has 2 amide bonds. The summed E-state index contributed by atoms with van der Waals surface area (Å²) in [6.45, 7) is 0.791. The first-order valence-corrected chi connectivity index (χ1v) is 8.04. The zero-order valence-corrected chi connectivity index (χ0v) is 15.0. The normalized spacial score (nSPS) is 13.5. The van der Waals surface area contributed by atoms with Gasteiger partial charge in [-0.05, 0) is 48.2 Å². The molecule has 0 saturated carbocycles. The van der Waals surface area contributed by atoms with E-state index in [0.29, 0.717) is 10.7 Å². The maximum atomic E-state index is 12.1. The highest BCUT2D eigenvalue weighted by Gasteiger charge is 2.10. The van der Waals surface area contributed by atoms with Crippen LogP contribution in [0.5, 0.6) is 0 Å². The van der Waals surface area contributed by atoms with Crippen molar-refractivity contribution in [1.82, 2.24) is 26.9 Å². The topological polar surface area (TPSA) is 112 Å². The third-order valence-electron chi connectivity index (χ3n) is 3.69. The van der Waals surface area contributed by atoms with Crippen LogP contribution in [0.4, 0.5) is 0 Å². The summed E-state index contributed by atoms with van der Waals surface area (Å²) < 4.78 is 0. The van der Waals surface area contributed by atoms with Crippen LogP contribution in [0, 0.1) is 0 Å². The molecule has 0 fully saturated rings. The van der Waals surface area contributed by atoms with Gasteiger partial charge in [-0.25, -0.2) is 0 Å². The average molecular weight is 374 g/mol. The number of hydrogen-bond donors (Lipinski definition) is 4. The number of benzene rings is 1. The molecule has 0 aliphatic carbocycles. The molecule has 2 heterocycles. The Bertz CT molecular complexity index is 913. The van der Waals surface area contributed by atoms with E-state index in [0.717, 1.165) is 23.0 Å². The number of carbonyl (C=O) groups is 2. The van der Waals surface area contributed by atoms with Crippen LogP contribution in [0.15, 0.2) is 60.3 Å². The molecule has 136 valence electrons.